The van der Waals surface area contributed by atoms with Crippen molar-refractivity contribution in [1.29, 1.82) is 0 Å². The zero-order valence-corrected chi connectivity index (χ0v) is 17.7. The number of carbonyl (C=O) groups excluding carboxylic acids is 1. The maximum absolute atomic E-state index is 13.5. The number of nitrogens with one attached hydrogen (secondary N) is 3. The third-order valence-corrected chi connectivity index (χ3v) is 5.64. The molecule has 30 heavy (non-hydrogen) atoms. The zero-order valence-electron chi connectivity index (χ0n) is 17.7. The number of aliphatic hydroxyl groups excluding tert-OH is 1. The summed E-state index contributed by atoms with van der Waals surface area (Å²) in [6, 6.07) is 6.24. The summed E-state index contributed by atoms with van der Waals surface area (Å²) in [6.45, 7) is 5.33. The van der Waals surface area contributed by atoms with Crippen LogP contribution in [-0.4, -0.2) is 53.4 Å². The van der Waals surface area contributed by atoms with E-state index in [0.29, 0.717) is 26.1 Å². The average molecular weight is 419 g/mol. The lowest BCUT2D eigenvalue weighted by Crippen LogP contribution is -2.37. The number of carbonyl (C=O) groups is 1. The van der Waals surface area contributed by atoms with Gasteiger partial charge < -0.3 is 25.5 Å². The number of halogens is 1. The van der Waals surface area contributed by atoms with Crippen molar-refractivity contribution in [1.82, 2.24) is 20.6 Å². The normalized spacial score (nSPS) is 23.8. The highest BCUT2D eigenvalue weighted by molar-refractivity contribution is 5.80. The van der Waals surface area contributed by atoms with Gasteiger partial charge in [-0.2, -0.15) is 0 Å². The summed E-state index contributed by atoms with van der Waals surface area (Å²) < 4.78 is 18.5. The molecule has 0 saturated heterocycles. The van der Waals surface area contributed by atoms with Gasteiger partial charge in [0.25, 0.3) is 0 Å². The largest absolute Gasteiger partial charge is 0.392 e. The zero-order chi connectivity index (χ0) is 21.7. The van der Waals surface area contributed by atoms with Crippen LogP contribution in [0.25, 0.3) is 0 Å². The number of rotatable bonds is 9. The second-order valence-electron chi connectivity index (χ2n) is 8.14. The Morgan fingerprint density at radius 1 is 1.43 bits per heavy atom. The van der Waals surface area contributed by atoms with Crippen molar-refractivity contribution in [2.24, 2.45) is 5.92 Å². The molecular formula is C22H31FN4O3. The van der Waals surface area contributed by atoms with E-state index in [4.69, 9.17) is 4.74 Å². The summed E-state index contributed by atoms with van der Waals surface area (Å²) in [5, 5.41) is 17.3. The molecule has 1 aliphatic rings. The van der Waals surface area contributed by atoms with E-state index in [1.807, 2.05) is 19.9 Å². The topological polar surface area (TPSA) is 99.3 Å². The fourth-order valence-corrected chi connectivity index (χ4v) is 4.04. The van der Waals surface area contributed by atoms with E-state index < -0.39 is 12.0 Å². The third-order valence-electron chi connectivity index (χ3n) is 5.64. The summed E-state index contributed by atoms with van der Waals surface area (Å²) in [6.07, 6.45) is 1.35. The fourth-order valence-electron chi connectivity index (χ4n) is 4.04. The van der Waals surface area contributed by atoms with Gasteiger partial charge in [-0.05, 0) is 24.1 Å². The van der Waals surface area contributed by atoms with Gasteiger partial charge in [0.2, 0.25) is 5.91 Å². The van der Waals surface area contributed by atoms with E-state index in [0.717, 1.165) is 17.1 Å². The van der Waals surface area contributed by atoms with Crippen LogP contribution in [-0.2, 0) is 16.1 Å². The van der Waals surface area contributed by atoms with Crippen molar-refractivity contribution in [2.75, 3.05) is 20.3 Å². The van der Waals surface area contributed by atoms with Crippen molar-refractivity contribution < 1.29 is 19.0 Å². The van der Waals surface area contributed by atoms with Gasteiger partial charge in [-0.3, -0.25) is 4.79 Å². The molecule has 0 bridgehead atoms. The number of aromatic amines is 1. The van der Waals surface area contributed by atoms with Crippen LogP contribution in [0.1, 0.15) is 49.2 Å². The Morgan fingerprint density at radius 3 is 2.90 bits per heavy atom. The Balaban J connectivity index is 1.77. The molecule has 2 aromatic rings. The molecule has 0 radical (unpaired) electrons. The number of aliphatic hydroxyl groups is 1. The van der Waals surface area contributed by atoms with Crippen molar-refractivity contribution in [3.63, 3.8) is 0 Å². The molecule has 1 saturated carbocycles. The quantitative estimate of drug-likeness (QED) is 0.467. The second-order valence-corrected chi connectivity index (χ2v) is 8.14. The first-order chi connectivity index (χ1) is 14.4. The minimum absolute atomic E-state index is 0.165. The van der Waals surface area contributed by atoms with Gasteiger partial charge in [-0.25, -0.2) is 9.37 Å². The first kappa shape index (κ1) is 22.4. The lowest BCUT2D eigenvalue weighted by Gasteiger charge is -2.22. The smallest absolute Gasteiger partial charge is 0.225 e. The number of nitrogens with zero attached hydrogens (tertiary/aromatic N) is 1. The van der Waals surface area contributed by atoms with Crippen molar-refractivity contribution >= 4 is 5.91 Å². The summed E-state index contributed by atoms with van der Waals surface area (Å²) in [5.74, 6) is -0.288. The van der Waals surface area contributed by atoms with Gasteiger partial charge in [0.1, 0.15) is 11.6 Å². The summed E-state index contributed by atoms with van der Waals surface area (Å²) >= 11 is 0. The predicted octanol–water partition coefficient (Wildman–Crippen LogP) is 2.06. The monoisotopic (exact) mass is 418 g/mol. The Morgan fingerprint density at radius 2 is 2.23 bits per heavy atom. The molecule has 1 heterocycles. The molecule has 3 rings (SSSR count). The Labute approximate surface area is 176 Å². The SMILES string of the molecule is COCCNC(=O)[C@H]1C[C@@H](NCc2cccc(F)c2)[C@H](c2cnc(C(C)C)[nH]2)[C@@H]1O. The molecule has 0 unspecified atom stereocenters. The van der Waals surface area contributed by atoms with Crippen LogP contribution < -0.4 is 10.6 Å². The molecule has 8 heteroatoms. The molecule has 4 atom stereocenters. The van der Waals surface area contributed by atoms with Crippen molar-refractivity contribution in [2.45, 2.75) is 50.8 Å². The van der Waals surface area contributed by atoms with Gasteiger partial charge in [0.15, 0.2) is 0 Å². The molecule has 0 aliphatic heterocycles. The molecule has 1 aliphatic carbocycles. The van der Waals surface area contributed by atoms with Crippen LogP contribution in [0.3, 0.4) is 0 Å². The fraction of sp³-hybridized carbons (Fsp3) is 0.545. The molecule has 0 spiro atoms. The average Bonchev–Trinajstić information content (AvgIpc) is 3.31. The summed E-state index contributed by atoms with van der Waals surface area (Å²) in [7, 11) is 1.57. The molecule has 1 aromatic carbocycles. The van der Waals surface area contributed by atoms with Gasteiger partial charge in [0.05, 0.1) is 18.6 Å². The maximum atomic E-state index is 13.5. The van der Waals surface area contributed by atoms with E-state index in [9.17, 15) is 14.3 Å². The number of benzene rings is 1. The number of aromatic nitrogens is 2. The summed E-state index contributed by atoms with van der Waals surface area (Å²) in [4.78, 5) is 20.4. The minimum Gasteiger partial charge on any atom is -0.392 e. The molecule has 1 aromatic heterocycles. The maximum Gasteiger partial charge on any atom is 0.225 e. The number of H-pyrrole nitrogens is 1. The molecule has 7 nitrogen and oxygen atoms in total. The van der Waals surface area contributed by atoms with Crippen LogP contribution in [0, 0.1) is 11.7 Å². The second kappa shape index (κ2) is 10.1. The molecular weight excluding hydrogens is 387 g/mol. The first-order valence-corrected chi connectivity index (χ1v) is 10.4. The number of amides is 1. The molecule has 164 valence electrons. The highest BCUT2D eigenvalue weighted by atomic mass is 19.1. The van der Waals surface area contributed by atoms with Crippen LogP contribution in [0.2, 0.25) is 0 Å². The van der Waals surface area contributed by atoms with Gasteiger partial charge in [-0.15, -0.1) is 0 Å². The van der Waals surface area contributed by atoms with E-state index in [2.05, 4.69) is 20.6 Å². The standard InChI is InChI=1S/C22H31FN4O3/c1-13(2)21-26-12-18(27-21)19-17(25-11-14-5-4-6-15(23)9-14)10-16(20(19)28)22(29)24-7-8-30-3/h4-6,9,12-13,16-17,19-20,25,28H,7-8,10-11H2,1-3H3,(H,24,29)(H,26,27)/t16-,17+,19+,20+/m0/s1. The predicted molar refractivity (Wildman–Crippen MR) is 111 cm³/mol. The van der Waals surface area contributed by atoms with Crippen LogP contribution in [0.4, 0.5) is 4.39 Å². The Bertz CT molecular complexity index is 841. The van der Waals surface area contributed by atoms with Crippen molar-refractivity contribution in [3.8, 4) is 0 Å². The van der Waals surface area contributed by atoms with E-state index in [1.54, 1.807) is 19.4 Å². The Kier molecular flexibility index (Phi) is 7.58. The van der Waals surface area contributed by atoms with Crippen LogP contribution in [0.5, 0.6) is 0 Å². The highest BCUT2D eigenvalue weighted by Crippen LogP contribution is 2.39. The van der Waals surface area contributed by atoms with Crippen LogP contribution >= 0.6 is 0 Å². The van der Waals surface area contributed by atoms with E-state index in [1.165, 1.54) is 12.1 Å². The van der Waals surface area contributed by atoms with Gasteiger partial charge >= 0.3 is 0 Å². The molecule has 1 amide bonds. The number of hydrogen-bond donors (Lipinski definition) is 4. The number of hydrogen-bond acceptors (Lipinski definition) is 5. The highest BCUT2D eigenvalue weighted by Gasteiger charge is 2.47. The third kappa shape index (κ3) is 5.24. The van der Waals surface area contributed by atoms with Gasteiger partial charge in [0, 0.05) is 50.0 Å². The van der Waals surface area contributed by atoms with Gasteiger partial charge in [-0.1, -0.05) is 26.0 Å². The number of ether oxygens (including phenoxy) is 1. The summed E-state index contributed by atoms with van der Waals surface area (Å²) in [5.41, 5.74) is 1.61. The first-order valence-electron chi connectivity index (χ1n) is 10.4. The van der Waals surface area contributed by atoms with E-state index >= 15 is 0 Å². The van der Waals surface area contributed by atoms with Crippen LogP contribution in [0.15, 0.2) is 30.5 Å². The molecule has 4 N–H and O–H groups in total. The number of methoxy groups -OCH3 is 1. The molecule has 1 fully saturated rings. The lowest BCUT2D eigenvalue weighted by atomic mass is 9.96. The number of imidazole rings is 1. The minimum atomic E-state index is -0.863. The van der Waals surface area contributed by atoms with Crippen molar-refractivity contribution in [3.05, 3.63) is 53.4 Å². The Hall–Kier alpha value is -2.29. The lowest BCUT2D eigenvalue weighted by molar-refractivity contribution is -0.127. The van der Waals surface area contributed by atoms with E-state index in [-0.39, 0.29) is 29.6 Å².